The molecule has 3 aliphatic heterocycles. The molecule has 0 spiro atoms. The van der Waals surface area contributed by atoms with E-state index in [9.17, 15) is 4.79 Å². The van der Waals surface area contributed by atoms with Crippen LogP contribution < -0.4 is 5.32 Å². The summed E-state index contributed by atoms with van der Waals surface area (Å²) in [6.07, 6.45) is 4.51. The van der Waals surface area contributed by atoms with Crippen LogP contribution in [0.4, 0.5) is 0 Å². The maximum Gasteiger partial charge on any atom is 0.251 e. The van der Waals surface area contributed by atoms with Crippen LogP contribution in [0.15, 0.2) is 30.5 Å². The Balaban J connectivity index is 0.00000135. The molecule has 1 aromatic heterocycles. The molecule has 1 aliphatic carbocycles. The molecule has 2 atom stereocenters. The third-order valence-electron chi connectivity index (χ3n) is 5.90. The molecule has 4 fully saturated rings. The molecule has 3 saturated heterocycles. The summed E-state index contributed by atoms with van der Waals surface area (Å²) in [7, 11) is 0. The van der Waals surface area contributed by atoms with Gasteiger partial charge in [-0.3, -0.25) is 4.79 Å². The number of nitrogens with zero attached hydrogens (tertiary/aromatic N) is 1. The van der Waals surface area contributed by atoms with Gasteiger partial charge in [-0.05, 0) is 54.2 Å². The van der Waals surface area contributed by atoms with Crippen molar-refractivity contribution in [3.8, 4) is 0 Å². The summed E-state index contributed by atoms with van der Waals surface area (Å²) in [4.78, 5) is 18.4. The van der Waals surface area contributed by atoms with Gasteiger partial charge in [-0.1, -0.05) is 6.07 Å². The van der Waals surface area contributed by atoms with Gasteiger partial charge in [-0.25, -0.2) is 0 Å². The number of aromatic amines is 1. The molecule has 1 aromatic carbocycles. The Hall–Kier alpha value is -1.52. The molecule has 2 N–H and O–H groups in total. The van der Waals surface area contributed by atoms with Crippen LogP contribution in [0.3, 0.4) is 0 Å². The molecule has 5 heteroatoms. The molecule has 4 nitrogen and oxygen atoms in total. The molecule has 1 saturated carbocycles. The van der Waals surface area contributed by atoms with Crippen molar-refractivity contribution < 1.29 is 4.79 Å². The normalized spacial score (nSPS) is 34.3. The molecular weight excluding hydrogens is 310 g/mol. The number of halogens is 1. The molecule has 4 bridgehead atoms. The van der Waals surface area contributed by atoms with Gasteiger partial charge in [0, 0.05) is 43.0 Å². The lowest BCUT2D eigenvalue weighted by molar-refractivity contribution is -0.0418. The van der Waals surface area contributed by atoms with Crippen LogP contribution in [0.1, 0.15) is 23.2 Å². The monoisotopic (exact) mass is 331 g/mol. The molecule has 6 rings (SSSR count). The Morgan fingerprint density at radius 1 is 1.13 bits per heavy atom. The summed E-state index contributed by atoms with van der Waals surface area (Å²) in [6, 6.07) is 8.32. The van der Waals surface area contributed by atoms with Crippen LogP contribution in [0.5, 0.6) is 0 Å². The highest BCUT2D eigenvalue weighted by Gasteiger charge is 2.47. The minimum Gasteiger partial charge on any atom is -0.361 e. The molecule has 4 heterocycles. The summed E-state index contributed by atoms with van der Waals surface area (Å²) in [6.45, 7) is 3.64. The zero-order valence-electron chi connectivity index (χ0n) is 13.0. The number of carbonyl (C=O) groups is 1. The Kier molecular flexibility index (Phi) is 3.62. The zero-order valence-corrected chi connectivity index (χ0v) is 13.8. The van der Waals surface area contributed by atoms with E-state index in [-0.39, 0.29) is 18.3 Å². The summed E-state index contributed by atoms with van der Waals surface area (Å²) >= 11 is 0. The minimum atomic E-state index is 0. The van der Waals surface area contributed by atoms with Crippen LogP contribution in [0.25, 0.3) is 10.9 Å². The van der Waals surface area contributed by atoms with Crippen LogP contribution in [-0.2, 0) is 0 Å². The van der Waals surface area contributed by atoms with Crippen LogP contribution >= 0.6 is 12.4 Å². The van der Waals surface area contributed by atoms with E-state index in [0.29, 0.717) is 17.9 Å². The molecule has 1 amide bonds. The largest absolute Gasteiger partial charge is 0.361 e. The predicted molar refractivity (Wildman–Crippen MR) is 92.9 cm³/mol. The van der Waals surface area contributed by atoms with Crippen molar-refractivity contribution in [2.45, 2.75) is 18.9 Å². The number of amides is 1. The number of fused-ring (bicyclic) bond motifs is 1. The third-order valence-corrected chi connectivity index (χ3v) is 5.90. The van der Waals surface area contributed by atoms with Crippen molar-refractivity contribution in [2.24, 2.45) is 17.8 Å². The van der Waals surface area contributed by atoms with Gasteiger partial charge in [0.15, 0.2) is 0 Å². The van der Waals surface area contributed by atoms with E-state index in [2.05, 4.69) is 15.2 Å². The van der Waals surface area contributed by atoms with E-state index in [0.717, 1.165) is 22.4 Å². The zero-order chi connectivity index (χ0) is 14.7. The molecule has 0 radical (unpaired) electrons. The van der Waals surface area contributed by atoms with Crippen molar-refractivity contribution in [2.75, 3.05) is 19.6 Å². The van der Waals surface area contributed by atoms with E-state index < -0.39 is 0 Å². The number of H-pyrrole nitrogens is 1. The Morgan fingerprint density at radius 2 is 1.91 bits per heavy atom. The molecule has 122 valence electrons. The summed E-state index contributed by atoms with van der Waals surface area (Å²) < 4.78 is 0. The number of carbonyl (C=O) groups excluding carboxylic acids is 1. The first-order chi connectivity index (χ1) is 10.8. The van der Waals surface area contributed by atoms with Crippen molar-refractivity contribution in [1.29, 1.82) is 0 Å². The van der Waals surface area contributed by atoms with E-state index in [1.807, 2.05) is 30.5 Å². The van der Waals surface area contributed by atoms with E-state index in [4.69, 9.17) is 0 Å². The van der Waals surface area contributed by atoms with E-state index in [1.165, 1.54) is 32.5 Å². The average molecular weight is 332 g/mol. The highest BCUT2D eigenvalue weighted by molar-refractivity contribution is 5.98. The average Bonchev–Trinajstić information content (AvgIpc) is 2.97. The van der Waals surface area contributed by atoms with Crippen molar-refractivity contribution in [3.63, 3.8) is 0 Å². The fourth-order valence-electron chi connectivity index (χ4n) is 5.07. The van der Waals surface area contributed by atoms with Gasteiger partial charge in [0.1, 0.15) is 0 Å². The Morgan fingerprint density at radius 3 is 2.65 bits per heavy atom. The summed E-state index contributed by atoms with van der Waals surface area (Å²) in [5.74, 6) is 2.28. The third kappa shape index (κ3) is 2.45. The quantitative estimate of drug-likeness (QED) is 0.888. The molecule has 2 aromatic rings. The topological polar surface area (TPSA) is 48.1 Å². The number of piperidine rings is 3. The van der Waals surface area contributed by atoms with Gasteiger partial charge >= 0.3 is 0 Å². The lowest BCUT2D eigenvalue weighted by Crippen LogP contribution is -2.64. The highest BCUT2D eigenvalue weighted by Crippen LogP contribution is 2.43. The van der Waals surface area contributed by atoms with Gasteiger partial charge in [-0.2, -0.15) is 0 Å². The molecular formula is C18H22ClN3O. The first kappa shape index (κ1) is 15.0. The smallest absolute Gasteiger partial charge is 0.251 e. The van der Waals surface area contributed by atoms with E-state index in [1.54, 1.807) is 0 Å². The van der Waals surface area contributed by atoms with Crippen molar-refractivity contribution in [3.05, 3.63) is 36.0 Å². The number of nitrogens with one attached hydrogen (secondary N) is 2. The summed E-state index contributed by atoms with van der Waals surface area (Å²) in [5, 5.41) is 4.51. The predicted octanol–water partition coefficient (Wildman–Crippen LogP) is 2.66. The second kappa shape index (κ2) is 5.53. The lowest BCUT2D eigenvalue weighted by atomic mass is 9.65. The number of rotatable bonds is 2. The second-order valence-electron chi connectivity index (χ2n) is 7.36. The lowest BCUT2D eigenvalue weighted by Gasteiger charge is -2.55. The summed E-state index contributed by atoms with van der Waals surface area (Å²) in [5.41, 5.74) is 1.80. The first-order valence-electron chi connectivity index (χ1n) is 8.36. The fourth-order valence-corrected chi connectivity index (χ4v) is 5.07. The SMILES string of the molecule is Cl.O=C(NC1[C@@H]2CC3C[C@@H]1CN(C3)C2)c1ccc2cc[nH]c2c1. The van der Waals surface area contributed by atoms with Gasteiger partial charge in [-0.15, -0.1) is 12.4 Å². The maximum absolute atomic E-state index is 12.7. The fraction of sp³-hybridized carbons (Fsp3) is 0.500. The Labute approximate surface area is 142 Å². The van der Waals surface area contributed by atoms with Crippen LogP contribution in [0.2, 0.25) is 0 Å². The minimum absolute atomic E-state index is 0. The maximum atomic E-state index is 12.7. The number of benzene rings is 1. The number of hydrogen-bond donors (Lipinski definition) is 2. The van der Waals surface area contributed by atoms with Crippen LogP contribution in [0, 0.1) is 17.8 Å². The van der Waals surface area contributed by atoms with Crippen molar-refractivity contribution >= 4 is 29.2 Å². The standard InChI is InChI=1S/C18H21N3O.ClH/c22-18(13-2-1-12-3-4-19-16(12)7-13)20-17-14-5-11-6-15(17)10-21(8-11)9-14;/h1-4,7,11,14-15,17,19H,5-6,8-10H2,(H,20,22);1H/t11?,14-,15-,17?;/m1./s1. The van der Waals surface area contributed by atoms with Gasteiger partial charge in [0.2, 0.25) is 0 Å². The molecule has 0 unspecified atom stereocenters. The number of aromatic nitrogens is 1. The second-order valence-corrected chi connectivity index (χ2v) is 7.36. The molecule has 23 heavy (non-hydrogen) atoms. The Bertz CT molecular complexity index is 713. The van der Waals surface area contributed by atoms with Gasteiger partial charge in [0.05, 0.1) is 0 Å². The number of hydrogen-bond acceptors (Lipinski definition) is 2. The first-order valence-corrected chi connectivity index (χ1v) is 8.36. The van der Waals surface area contributed by atoms with Gasteiger partial charge in [0.25, 0.3) is 5.91 Å². The van der Waals surface area contributed by atoms with Gasteiger partial charge < -0.3 is 15.2 Å². The van der Waals surface area contributed by atoms with E-state index >= 15 is 0 Å². The highest BCUT2D eigenvalue weighted by atomic mass is 35.5. The molecule has 4 aliphatic rings. The van der Waals surface area contributed by atoms with Crippen LogP contribution in [-0.4, -0.2) is 41.5 Å². The van der Waals surface area contributed by atoms with Crippen molar-refractivity contribution in [1.82, 2.24) is 15.2 Å².